The molecule has 27 heavy (non-hydrogen) atoms. The molecule has 5 atom stereocenters. The number of rotatable bonds is 5. The number of carbonyl (C=O) groups is 1. The molecule has 0 amide bonds. The number of halogens is 2. The van der Waals surface area contributed by atoms with Crippen LogP contribution in [0, 0.1) is 11.7 Å². The number of carbonyl (C=O) groups excluding carboxylic acids is 1. The summed E-state index contributed by atoms with van der Waals surface area (Å²) in [5.74, 6) is -0.638. The van der Waals surface area contributed by atoms with Crippen molar-refractivity contribution in [1.82, 2.24) is 15.5 Å². The van der Waals surface area contributed by atoms with Crippen LogP contribution in [0.15, 0.2) is 18.2 Å². The van der Waals surface area contributed by atoms with Gasteiger partial charge < -0.3 is 10.2 Å². The minimum absolute atomic E-state index is 0.0979. The monoisotopic (exact) mass is 413 g/mol. The van der Waals surface area contributed by atoms with Crippen LogP contribution in [-0.2, 0) is 15.6 Å². The Kier molecular flexibility index (Phi) is 5.94. The number of hydrogen-bond acceptors (Lipinski definition) is 5. The van der Waals surface area contributed by atoms with Crippen LogP contribution in [0.5, 0.6) is 0 Å². The fraction of sp³-hybridized carbons (Fsp3) is 0.632. The Morgan fingerprint density at radius 1 is 1.33 bits per heavy atom. The number of Topliss-reactive ketones (excluding diaryl/α,β-unsaturated/α-hetero) is 1. The van der Waals surface area contributed by atoms with Crippen molar-refractivity contribution in [2.75, 3.05) is 26.2 Å². The van der Waals surface area contributed by atoms with E-state index in [1.165, 1.54) is 18.9 Å². The summed E-state index contributed by atoms with van der Waals surface area (Å²) in [5.41, 5.74) is 0.372. The number of likely N-dealkylation sites (tertiary alicyclic amines) is 1. The maximum atomic E-state index is 14.3. The fourth-order valence-corrected chi connectivity index (χ4v) is 6.62. The zero-order chi connectivity index (χ0) is 19.0. The van der Waals surface area contributed by atoms with E-state index in [-0.39, 0.29) is 29.5 Å². The first-order valence-corrected chi connectivity index (χ1v) is 11.3. The molecular formula is C19H25ClFN3O2S. The van der Waals surface area contributed by atoms with Crippen molar-refractivity contribution >= 4 is 28.2 Å². The maximum Gasteiger partial charge on any atom is 0.141 e. The largest absolute Gasteiger partial charge is 0.302 e. The van der Waals surface area contributed by atoms with Crippen LogP contribution in [-0.4, -0.2) is 51.8 Å². The summed E-state index contributed by atoms with van der Waals surface area (Å²) >= 11 is 6.18. The first-order valence-electron chi connectivity index (χ1n) is 9.62. The highest BCUT2D eigenvalue weighted by atomic mass is 35.5. The van der Waals surface area contributed by atoms with Gasteiger partial charge in [-0.25, -0.2) is 4.39 Å². The Labute approximate surface area is 166 Å². The maximum absolute atomic E-state index is 14.3. The van der Waals surface area contributed by atoms with Crippen molar-refractivity contribution in [1.29, 1.82) is 0 Å². The van der Waals surface area contributed by atoms with Gasteiger partial charge in [0.25, 0.3) is 0 Å². The van der Waals surface area contributed by atoms with Gasteiger partial charge in [0.15, 0.2) is 0 Å². The zero-order valence-corrected chi connectivity index (χ0v) is 16.7. The highest BCUT2D eigenvalue weighted by Crippen LogP contribution is 2.40. The number of nitrogens with one attached hydrogen (secondary N) is 2. The Bertz CT molecular complexity index is 723. The van der Waals surface area contributed by atoms with Crippen molar-refractivity contribution in [2.24, 2.45) is 5.92 Å². The van der Waals surface area contributed by atoms with E-state index in [0.29, 0.717) is 17.0 Å². The van der Waals surface area contributed by atoms with Crippen LogP contribution in [0.2, 0.25) is 5.02 Å². The Morgan fingerprint density at radius 3 is 2.85 bits per heavy atom. The van der Waals surface area contributed by atoms with Crippen LogP contribution >= 0.6 is 11.6 Å². The van der Waals surface area contributed by atoms with E-state index in [1.54, 1.807) is 12.1 Å². The second-order valence-corrected chi connectivity index (χ2v) is 9.75. The van der Waals surface area contributed by atoms with E-state index in [1.807, 2.05) is 0 Å². The van der Waals surface area contributed by atoms with Gasteiger partial charge in [-0.3, -0.25) is 14.3 Å². The lowest BCUT2D eigenvalue weighted by Crippen LogP contribution is -2.52. The Morgan fingerprint density at radius 2 is 2.11 bits per heavy atom. The molecule has 5 nitrogen and oxygen atoms in total. The third-order valence-electron chi connectivity index (χ3n) is 5.90. The Balaban J connectivity index is 1.41. The van der Waals surface area contributed by atoms with Gasteiger partial charge in [-0.1, -0.05) is 17.7 Å². The molecule has 3 saturated heterocycles. The summed E-state index contributed by atoms with van der Waals surface area (Å²) in [7, 11) is -1.24. The van der Waals surface area contributed by atoms with Gasteiger partial charge in [-0.2, -0.15) is 0 Å². The predicted octanol–water partition coefficient (Wildman–Crippen LogP) is 2.19. The highest BCUT2D eigenvalue weighted by Gasteiger charge is 2.48. The molecule has 5 unspecified atom stereocenters. The minimum Gasteiger partial charge on any atom is -0.302 e. The summed E-state index contributed by atoms with van der Waals surface area (Å²) in [6.07, 6.45) is 3.19. The molecule has 4 rings (SSSR count). The number of benzene rings is 1. The predicted molar refractivity (Wildman–Crippen MR) is 104 cm³/mol. The molecule has 148 valence electrons. The molecule has 0 bridgehead atoms. The summed E-state index contributed by atoms with van der Waals surface area (Å²) < 4.78 is 27.3. The van der Waals surface area contributed by atoms with Crippen LogP contribution in [0.3, 0.4) is 0 Å². The van der Waals surface area contributed by atoms with Crippen molar-refractivity contribution in [2.45, 2.75) is 42.5 Å². The number of hydrogen-bond donors (Lipinski definition) is 2. The lowest BCUT2D eigenvalue weighted by Gasteiger charge is -2.31. The second kappa shape index (κ2) is 8.25. The first-order chi connectivity index (χ1) is 13.0. The van der Waals surface area contributed by atoms with Crippen molar-refractivity contribution in [3.05, 3.63) is 34.6 Å². The SMILES string of the molecule is O=C1CC(NCCN2CCCC2)S(=O)C2NC(c3c(F)cccc3Cl)CC12. The fourth-order valence-electron chi connectivity index (χ4n) is 4.47. The molecular weight excluding hydrogens is 389 g/mol. The average molecular weight is 414 g/mol. The second-order valence-electron chi connectivity index (χ2n) is 7.61. The van der Waals surface area contributed by atoms with Gasteiger partial charge in [-0.05, 0) is 44.5 Å². The van der Waals surface area contributed by atoms with E-state index in [2.05, 4.69) is 15.5 Å². The molecule has 3 fully saturated rings. The van der Waals surface area contributed by atoms with Gasteiger partial charge in [0, 0.05) is 42.1 Å². The smallest absolute Gasteiger partial charge is 0.141 e. The van der Waals surface area contributed by atoms with E-state index >= 15 is 0 Å². The van der Waals surface area contributed by atoms with E-state index in [0.717, 1.165) is 26.2 Å². The molecule has 0 aliphatic carbocycles. The van der Waals surface area contributed by atoms with Crippen molar-refractivity contribution in [3.63, 3.8) is 0 Å². The topological polar surface area (TPSA) is 61.4 Å². The lowest BCUT2D eigenvalue weighted by molar-refractivity contribution is -0.123. The van der Waals surface area contributed by atoms with Crippen molar-refractivity contribution < 1.29 is 13.4 Å². The molecule has 0 saturated carbocycles. The number of ketones is 1. The summed E-state index contributed by atoms with van der Waals surface area (Å²) in [4.78, 5) is 15.0. The molecule has 1 aromatic carbocycles. The molecule has 8 heteroatoms. The zero-order valence-electron chi connectivity index (χ0n) is 15.1. The van der Waals surface area contributed by atoms with Crippen LogP contribution in [0.4, 0.5) is 4.39 Å². The standard InChI is InChI=1S/C19H25ClFN3O2S/c20-13-4-3-5-14(21)18(13)15-10-12-16(25)11-17(27(26)19(12)23-15)22-6-9-24-7-1-2-8-24/h3-5,12,15,17,19,22-23H,1-2,6-11H2. The van der Waals surface area contributed by atoms with Gasteiger partial charge in [-0.15, -0.1) is 0 Å². The highest BCUT2D eigenvalue weighted by molar-refractivity contribution is 7.86. The van der Waals surface area contributed by atoms with Gasteiger partial charge in [0.1, 0.15) is 11.6 Å². The van der Waals surface area contributed by atoms with Gasteiger partial charge >= 0.3 is 0 Å². The molecule has 0 spiro atoms. The quantitative estimate of drug-likeness (QED) is 0.774. The van der Waals surface area contributed by atoms with E-state index < -0.39 is 22.0 Å². The number of fused-ring (bicyclic) bond motifs is 1. The van der Waals surface area contributed by atoms with Crippen LogP contribution in [0.25, 0.3) is 0 Å². The molecule has 0 radical (unpaired) electrons. The van der Waals surface area contributed by atoms with Crippen molar-refractivity contribution in [3.8, 4) is 0 Å². The molecule has 2 N–H and O–H groups in total. The molecule has 3 heterocycles. The summed E-state index contributed by atoms with van der Waals surface area (Å²) in [6.45, 7) is 3.87. The van der Waals surface area contributed by atoms with Gasteiger partial charge in [0.05, 0.1) is 21.5 Å². The molecule has 0 aromatic heterocycles. The summed E-state index contributed by atoms with van der Waals surface area (Å²) in [5, 5.41) is 6.10. The first kappa shape index (κ1) is 19.5. The average Bonchev–Trinajstić information content (AvgIpc) is 3.29. The third kappa shape index (κ3) is 3.98. The van der Waals surface area contributed by atoms with E-state index in [4.69, 9.17) is 11.6 Å². The minimum atomic E-state index is -1.24. The lowest BCUT2D eigenvalue weighted by atomic mass is 9.94. The third-order valence-corrected chi connectivity index (χ3v) is 8.09. The summed E-state index contributed by atoms with van der Waals surface area (Å²) in [6, 6.07) is 4.19. The molecule has 3 aliphatic heterocycles. The number of nitrogens with zero attached hydrogens (tertiary/aromatic N) is 1. The normalized spacial score (nSPS) is 34.1. The molecule has 3 aliphatic rings. The Hall–Kier alpha value is -0.860. The van der Waals surface area contributed by atoms with E-state index in [9.17, 15) is 13.4 Å². The van der Waals surface area contributed by atoms with Crippen LogP contribution in [0.1, 0.15) is 37.3 Å². The van der Waals surface area contributed by atoms with Crippen LogP contribution < -0.4 is 10.6 Å². The molecule has 1 aromatic rings. The van der Waals surface area contributed by atoms with Gasteiger partial charge in [0.2, 0.25) is 0 Å².